The summed E-state index contributed by atoms with van der Waals surface area (Å²) < 4.78 is 24.0. The maximum atomic E-state index is 12.8. The third-order valence-corrected chi connectivity index (χ3v) is 7.01. The Morgan fingerprint density at radius 1 is 0.900 bits per heavy atom. The monoisotopic (exact) mass is 545 g/mol. The lowest BCUT2D eigenvalue weighted by molar-refractivity contribution is -0.122. The minimum absolute atomic E-state index is 0.0242. The Kier molecular flexibility index (Phi) is 8.68. The van der Waals surface area contributed by atoms with E-state index in [0.29, 0.717) is 30.3 Å². The number of piperazine rings is 1. The molecule has 3 heterocycles. The SMILES string of the molecule is COc1ccc(CN2CCN(CC(=O)NCc3cc(-c4ccco4)n(-c4ccccc4)n3)CC2)c(OC)c1OC. The number of benzene rings is 2. The highest BCUT2D eigenvalue weighted by Gasteiger charge is 2.22. The zero-order valence-electron chi connectivity index (χ0n) is 23.1. The topological polar surface area (TPSA) is 94.2 Å². The molecule has 1 aliphatic rings. The maximum absolute atomic E-state index is 12.8. The number of ether oxygens (including phenoxy) is 3. The van der Waals surface area contributed by atoms with Crippen LogP contribution in [0.2, 0.25) is 0 Å². The number of carbonyl (C=O) groups excluding carboxylic acids is 1. The van der Waals surface area contributed by atoms with Crippen LogP contribution in [0.15, 0.2) is 71.3 Å². The van der Waals surface area contributed by atoms with Crippen LogP contribution in [-0.4, -0.2) is 79.5 Å². The molecule has 40 heavy (non-hydrogen) atoms. The molecule has 0 radical (unpaired) electrons. The van der Waals surface area contributed by atoms with Crippen molar-refractivity contribution in [3.05, 3.63) is 78.2 Å². The van der Waals surface area contributed by atoms with Gasteiger partial charge in [-0.1, -0.05) is 24.3 Å². The molecule has 1 fully saturated rings. The normalized spacial score (nSPS) is 14.2. The summed E-state index contributed by atoms with van der Waals surface area (Å²) in [5.74, 6) is 2.63. The largest absolute Gasteiger partial charge is 0.493 e. The van der Waals surface area contributed by atoms with Crippen LogP contribution in [0.5, 0.6) is 17.2 Å². The highest BCUT2D eigenvalue weighted by atomic mass is 16.5. The van der Waals surface area contributed by atoms with E-state index in [1.54, 1.807) is 27.6 Å². The number of nitrogens with zero attached hydrogens (tertiary/aromatic N) is 4. The van der Waals surface area contributed by atoms with Gasteiger partial charge in [0, 0.05) is 38.3 Å². The third-order valence-electron chi connectivity index (χ3n) is 7.01. The van der Waals surface area contributed by atoms with Gasteiger partial charge < -0.3 is 23.9 Å². The van der Waals surface area contributed by atoms with E-state index < -0.39 is 0 Å². The molecule has 0 aliphatic carbocycles. The van der Waals surface area contributed by atoms with Crippen molar-refractivity contribution < 1.29 is 23.4 Å². The third kappa shape index (κ3) is 6.13. The molecule has 0 spiro atoms. The van der Waals surface area contributed by atoms with Gasteiger partial charge in [-0.25, -0.2) is 4.68 Å². The lowest BCUT2D eigenvalue weighted by atomic mass is 10.1. The van der Waals surface area contributed by atoms with Crippen LogP contribution >= 0.6 is 0 Å². The second-order valence-corrected chi connectivity index (χ2v) is 9.57. The number of hydrogen-bond acceptors (Lipinski definition) is 8. The number of nitrogens with one attached hydrogen (secondary N) is 1. The fraction of sp³-hybridized carbons (Fsp3) is 0.333. The quantitative estimate of drug-likeness (QED) is 0.306. The van der Waals surface area contributed by atoms with Crippen molar-refractivity contribution in [2.24, 2.45) is 0 Å². The lowest BCUT2D eigenvalue weighted by Gasteiger charge is -2.34. The van der Waals surface area contributed by atoms with Gasteiger partial charge in [-0.05, 0) is 36.4 Å². The van der Waals surface area contributed by atoms with Gasteiger partial charge >= 0.3 is 0 Å². The van der Waals surface area contributed by atoms with Gasteiger partial charge in [-0.15, -0.1) is 0 Å². The molecule has 0 unspecified atom stereocenters. The average molecular weight is 546 g/mol. The fourth-order valence-corrected chi connectivity index (χ4v) is 4.96. The molecule has 1 aliphatic heterocycles. The molecule has 1 N–H and O–H groups in total. The van der Waals surface area contributed by atoms with Crippen molar-refractivity contribution in [2.45, 2.75) is 13.1 Å². The van der Waals surface area contributed by atoms with E-state index in [1.807, 2.05) is 65.3 Å². The van der Waals surface area contributed by atoms with Crippen molar-refractivity contribution >= 4 is 5.91 Å². The Labute approximate surface area is 234 Å². The maximum Gasteiger partial charge on any atom is 0.234 e. The molecular formula is C30H35N5O5. The molecule has 1 amide bonds. The summed E-state index contributed by atoms with van der Waals surface area (Å²) in [6.45, 7) is 4.70. The second-order valence-electron chi connectivity index (χ2n) is 9.57. The zero-order valence-corrected chi connectivity index (χ0v) is 23.1. The summed E-state index contributed by atoms with van der Waals surface area (Å²) in [6.07, 6.45) is 1.64. The summed E-state index contributed by atoms with van der Waals surface area (Å²) in [6, 6.07) is 19.5. The van der Waals surface area contributed by atoms with Gasteiger partial charge in [0.1, 0.15) is 5.69 Å². The molecule has 0 atom stereocenters. The Morgan fingerprint density at radius 2 is 1.65 bits per heavy atom. The van der Waals surface area contributed by atoms with Crippen LogP contribution in [-0.2, 0) is 17.9 Å². The highest BCUT2D eigenvalue weighted by molar-refractivity contribution is 5.78. The van der Waals surface area contributed by atoms with Crippen LogP contribution in [0.25, 0.3) is 17.1 Å². The first kappa shape index (κ1) is 27.3. The van der Waals surface area contributed by atoms with Crippen LogP contribution in [0, 0.1) is 0 Å². The van der Waals surface area contributed by atoms with Gasteiger partial charge in [0.05, 0.1) is 52.1 Å². The van der Waals surface area contributed by atoms with Crippen LogP contribution in [0.4, 0.5) is 0 Å². The number of furan rings is 1. The average Bonchev–Trinajstić information content (AvgIpc) is 3.68. The van der Waals surface area contributed by atoms with E-state index >= 15 is 0 Å². The molecule has 4 aromatic rings. The minimum Gasteiger partial charge on any atom is -0.493 e. The standard InChI is InChI=1S/C30H35N5O5/c1-37-27-12-11-22(29(38-2)30(27)39-3)20-33-13-15-34(16-14-33)21-28(36)31-19-23-18-25(26-10-7-17-40-26)35(32-23)24-8-5-4-6-9-24/h4-12,17-18H,13-16,19-21H2,1-3H3,(H,31,36). The minimum atomic E-state index is -0.0242. The smallest absolute Gasteiger partial charge is 0.234 e. The molecule has 5 rings (SSSR count). The first-order valence-corrected chi connectivity index (χ1v) is 13.3. The van der Waals surface area contributed by atoms with Gasteiger partial charge in [-0.3, -0.25) is 14.6 Å². The van der Waals surface area contributed by atoms with Crippen molar-refractivity contribution in [2.75, 3.05) is 54.1 Å². The van der Waals surface area contributed by atoms with Gasteiger partial charge in [0.2, 0.25) is 11.7 Å². The molecule has 0 saturated carbocycles. The predicted molar refractivity (Wildman–Crippen MR) is 151 cm³/mol. The van der Waals surface area contributed by atoms with Crippen LogP contribution < -0.4 is 19.5 Å². The van der Waals surface area contributed by atoms with Crippen LogP contribution in [0.3, 0.4) is 0 Å². The Balaban J connectivity index is 1.14. The zero-order chi connectivity index (χ0) is 27.9. The van der Waals surface area contributed by atoms with Crippen molar-refractivity contribution in [3.63, 3.8) is 0 Å². The van der Waals surface area contributed by atoms with Gasteiger partial charge in [0.25, 0.3) is 0 Å². The summed E-state index contributed by atoms with van der Waals surface area (Å²) in [4.78, 5) is 17.3. The van der Waals surface area contributed by atoms with E-state index in [1.165, 1.54) is 0 Å². The number of amides is 1. The highest BCUT2D eigenvalue weighted by Crippen LogP contribution is 2.40. The number of rotatable bonds is 11. The van der Waals surface area contributed by atoms with Crippen molar-refractivity contribution in [1.82, 2.24) is 24.9 Å². The van der Waals surface area contributed by atoms with Crippen molar-refractivity contribution in [3.8, 4) is 34.4 Å². The summed E-state index contributed by atoms with van der Waals surface area (Å²) >= 11 is 0. The number of carbonyl (C=O) groups is 1. The summed E-state index contributed by atoms with van der Waals surface area (Å²) in [5.41, 5.74) is 3.56. The van der Waals surface area contributed by atoms with Crippen LogP contribution in [0.1, 0.15) is 11.3 Å². The number of aromatic nitrogens is 2. The Bertz CT molecular complexity index is 1400. The van der Waals surface area contributed by atoms with E-state index in [-0.39, 0.29) is 5.91 Å². The van der Waals surface area contributed by atoms with Crippen molar-refractivity contribution in [1.29, 1.82) is 0 Å². The fourth-order valence-electron chi connectivity index (χ4n) is 4.96. The van der Waals surface area contributed by atoms with Gasteiger partial charge in [0.15, 0.2) is 17.3 Å². The number of methoxy groups -OCH3 is 3. The van der Waals surface area contributed by atoms with E-state index in [4.69, 9.17) is 23.7 Å². The first-order valence-electron chi connectivity index (χ1n) is 13.3. The first-order chi connectivity index (χ1) is 19.6. The second kappa shape index (κ2) is 12.7. The molecule has 10 heteroatoms. The number of para-hydroxylation sites is 1. The molecule has 10 nitrogen and oxygen atoms in total. The Hall–Kier alpha value is -4.28. The van der Waals surface area contributed by atoms with E-state index in [2.05, 4.69) is 15.1 Å². The van der Waals surface area contributed by atoms with Gasteiger partial charge in [-0.2, -0.15) is 5.10 Å². The molecule has 0 bridgehead atoms. The Morgan fingerprint density at radius 3 is 2.33 bits per heavy atom. The lowest BCUT2D eigenvalue weighted by Crippen LogP contribution is -2.49. The molecule has 1 saturated heterocycles. The molecular weight excluding hydrogens is 510 g/mol. The molecule has 2 aromatic heterocycles. The van der Waals surface area contributed by atoms with E-state index in [9.17, 15) is 4.79 Å². The predicted octanol–water partition coefficient (Wildman–Crippen LogP) is 3.59. The molecule has 210 valence electrons. The summed E-state index contributed by atoms with van der Waals surface area (Å²) in [5, 5.41) is 7.77. The number of hydrogen-bond donors (Lipinski definition) is 1. The van der Waals surface area contributed by atoms with E-state index in [0.717, 1.165) is 61.1 Å². The summed E-state index contributed by atoms with van der Waals surface area (Å²) in [7, 11) is 4.87. The molecule has 2 aromatic carbocycles.